The number of Topliss-reactive ketones (excluding diaryl/α,β-unsaturated/α-hetero) is 1. The predicted octanol–water partition coefficient (Wildman–Crippen LogP) is 4.04. The molecule has 0 unspecified atom stereocenters. The number of carbonyl (C=O) groups is 1. The third-order valence-corrected chi connectivity index (χ3v) is 4.04. The van der Waals surface area contributed by atoms with Crippen LogP contribution in [0.2, 0.25) is 39.3 Å². The van der Waals surface area contributed by atoms with Crippen LogP contribution in [-0.4, -0.2) is 21.9 Å². The number of rotatable bonds is 4. The van der Waals surface area contributed by atoms with Crippen LogP contribution in [0.5, 0.6) is 0 Å². The summed E-state index contributed by atoms with van der Waals surface area (Å²) in [5.74, 6) is 3.58. The highest BCUT2D eigenvalue weighted by Gasteiger charge is 2.12. The second-order valence-corrected chi connectivity index (χ2v) is 16.5. The molecule has 0 aromatic rings. The van der Waals surface area contributed by atoms with E-state index in [2.05, 4.69) is 56.4 Å². The minimum atomic E-state index is -1.32. The third kappa shape index (κ3) is 11.7. The van der Waals surface area contributed by atoms with Gasteiger partial charge >= 0.3 is 0 Å². The molecule has 0 aliphatic heterocycles. The van der Waals surface area contributed by atoms with E-state index in [1.165, 1.54) is 5.57 Å². The van der Waals surface area contributed by atoms with Gasteiger partial charge in [-0.25, -0.2) is 0 Å². The second-order valence-electron chi connectivity index (χ2n) is 6.74. The van der Waals surface area contributed by atoms with Gasteiger partial charge in [0.1, 0.15) is 13.9 Å². The lowest BCUT2D eigenvalue weighted by Crippen LogP contribution is -2.18. The number of carbonyl (C=O) groups excluding carboxylic acids is 1. The van der Waals surface area contributed by atoms with Crippen LogP contribution in [-0.2, 0) is 4.79 Å². The van der Waals surface area contributed by atoms with E-state index in [-0.39, 0.29) is 5.78 Å². The molecule has 0 spiro atoms. The normalized spacial score (nSPS) is 13.0. The molecule has 0 N–H and O–H groups in total. The number of allylic oxidation sites excluding steroid dienone is 1. The summed E-state index contributed by atoms with van der Waals surface area (Å²) in [4.78, 5) is 11.1. The molecule has 0 bridgehead atoms. The van der Waals surface area contributed by atoms with Crippen LogP contribution in [0.3, 0.4) is 0 Å². The second kappa shape index (κ2) is 6.37. The monoisotopic (exact) mass is 266 g/mol. The molecule has 0 saturated heterocycles. The maximum absolute atomic E-state index is 11.1. The van der Waals surface area contributed by atoms with Gasteiger partial charge in [-0.3, -0.25) is 0 Å². The van der Waals surface area contributed by atoms with Crippen LogP contribution >= 0.6 is 0 Å². The van der Waals surface area contributed by atoms with Gasteiger partial charge in [-0.15, -0.1) is 5.54 Å². The largest absolute Gasteiger partial charge is 0.300 e. The molecular weight excluding hydrogens is 240 g/mol. The fraction of sp³-hybridized carbons (Fsp3) is 0.643. The Morgan fingerprint density at radius 3 is 1.94 bits per heavy atom. The molecule has 0 aromatic carbocycles. The quantitative estimate of drug-likeness (QED) is 0.554. The predicted molar refractivity (Wildman–Crippen MR) is 82.5 cm³/mol. The Balaban J connectivity index is 4.92. The third-order valence-electron chi connectivity index (χ3n) is 1.95. The van der Waals surface area contributed by atoms with Crippen LogP contribution in [0.25, 0.3) is 0 Å². The van der Waals surface area contributed by atoms with Crippen molar-refractivity contribution in [3.8, 4) is 11.5 Å². The van der Waals surface area contributed by atoms with Gasteiger partial charge in [-0.2, -0.15) is 0 Å². The van der Waals surface area contributed by atoms with Crippen molar-refractivity contribution in [3.05, 3.63) is 11.3 Å². The molecular formula is C14H26OSi2. The maximum Gasteiger partial charge on any atom is 0.130 e. The minimum absolute atomic E-state index is 0.251. The fourth-order valence-electron chi connectivity index (χ4n) is 1.27. The molecule has 96 valence electrons. The van der Waals surface area contributed by atoms with E-state index >= 15 is 0 Å². The molecule has 0 amide bonds. The highest BCUT2D eigenvalue weighted by atomic mass is 28.3. The lowest BCUT2D eigenvalue weighted by Gasteiger charge is -2.12. The Morgan fingerprint density at radius 2 is 1.59 bits per heavy atom. The van der Waals surface area contributed by atoms with Crippen LogP contribution in [0.15, 0.2) is 11.3 Å². The lowest BCUT2D eigenvalue weighted by molar-refractivity contribution is -0.116. The summed E-state index contributed by atoms with van der Waals surface area (Å²) >= 11 is 0. The first kappa shape index (κ1) is 16.4. The Morgan fingerprint density at radius 1 is 1.06 bits per heavy atom. The molecule has 0 fully saturated rings. The number of hydrogen-bond acceptors (Lipinski definition) is 1. The number of hydrogen-bond donors (Lipinski definition) is 0. The highest BCUT2D eigenvalue weighted by Crippen LogP contribution is 2.12. The summed E-state index contributed by atoms with van der Waals surface area (Å²) in [6.07, 6.45) is 1.44. The van der Waals surface area contributed by atoms with Crippen molar-refractivity contribution >= 4 is 21.9 Å². The molecule has 17 heavy (non-hydrogen) atoms. The van der Waals surface area contributed by atoms with Crippen molar-refractivity contribution in [1.82, 2.24) is 0 Å². The summed E-state index contributed by atoms with van der Waals surface area (Å²) in [7, 11) is -2.57. The topological polar surface area (TPSA) is 17.1 Å². The molecule has 3 heteroatoms. The van der Waals surface area contributed by atoms with E-state index < -0.39 is 16.1 Å². The van der Waals surface area contributed by atoms with Gasteiger partial charge in [0.2, 0.25) is 0 Å². The summed E-state index contributed by atoms with van der Waals surface area (Å²) in [5, 5.41) is 0. The van der Waals surface area contributed by atoms with Crippen molar-refractivity contribution in [2.24, 2.45) is 0 Å². The van der Waals surface area contributed by atoms with Crippen LogP contribution in [0.1, 0.15) is 19.8 Å². The van der Waals surface area contributed by atoms with E-state index in [0.717, 1.165) is 6.42 Å². The summed E-state index contributed by atoms with van der Waals surface area (Å²) < 4.78 is 0. The summed E-state index contributed by atoms with van der Waals surface area (Å²) in [5.41, 5.74) is 6.92. The first-order valence-electron chi connectivity index (χ1n) is 6.24. The molecule has 1 nitrogen and oxygen atoms in total. The molecule has 0 atom stereocenters. The van der Waals surface area contributed by atoms with Gasteiger partial charge < -0.3 is 4.79 Å². The first-order valence-corrected chi connectivity index (χ1v) is 13.3. The van der Waals surface area contributed by atoms with Crippen LogP contribution in [0.4, 0.5) is 0 Å². The van der Waals surface area contributed by atoms with E-state index in [4.69, 9.17) is 0 Å². The molecule has 0 aromatic heterocycles. The summed E-state index contributed by atoms with van der Waals surface area (Å²) in [6.45, 7) is 15.3. The average molecular weight is 267 g/mol. The van der Waals surface area contributed by atoms with E-state index in [0.29, 0.717) is 6.42 Å². The Hall–Kier alpha value is -0.596. The van der Waals surface area contributed by atoms with Gasteiger partial charge in [0.25, 0.3) is 0 Å². The fourth-order valence-corrected chi connectivity index (χ4v) is 3.07. The number of ketones is 1. The van der Waals surface area contributed by atoms with E-state index in [1.54, 1.807) is 6.92 Å². The average Bonchev–Trinajstić information content (AvgIpc) is 2.06. The van der Waals surface area contributed by atoms with E-state index in [9.17, 15) is 4.79 Å². The van der Waals surface area contributed by atoms with Crippen molar-refractivity contribution in [3.63, 3.8) is 0 Å². The van der Waals surface area contributed by atoms with Gasteiger partial charge in [0.15, 0.2) is 0 Å². The van der Waals surface area contributed by atoms with Crippen molar-refractivity contribution < 1.29 is 4.79 Å². The summed E-state index contributed by atoms with van der Waals surface area (Å²) in [6, 6.07) is 0. The van der Waals surface area contributed by atoms with Gasteiger partial charge in [-0.05, 0) is 18.9 Å². The zero-order valence-electron chi connectivity index (χ0n) is 12.4. The standard InChI is InChI=1S/C14H26OSi2/c1-13(15)8-9-14(12-17(5,6)7)10-11-16(2,3)4/h12H,8-9H2,1-7H3/b14-12-. The van der Waals surface area contributed by atoms with Gasteiger partial charge in [0, 0.05) is 6.42 Å². The molecule has 0 aliphatic carbocycles. The van der Waals surface area contributed by atoms with Crippen molar-refractivity contribution in [2.75, 3.05) is 0 Å². The van der Waals surface area contributed by atoms with Crippen LogP contribution in [0, 0.1) is 11.5 Å². The minimum Gasteiger partial charge on any atom is -0.300 e. The highest BCUT2D eigenvalue weighted by molar-refractivity contribution is 6.84. The Labute approximate surface area is 109 Å². The Kier molecular flexibility index (Phi) is 6.14. The maximum atomic E-state index is 11.1. The van der Waals surface area contributed by atoms with Crippen molar-refractivity contribution in [2.45, 2.75) is 59.0 Å². The van der Waals surface area contributed by atoms with E-state index in [1.807, 2.05) is 0 Å². The molecule has 0 radical (unpaired) electrons. The van der Waals surface area contributed by atoms with Gasteiger partial charge in [0.05, 0.1) is 8.07 Å². The zero-order valence-corrected chi connectivity index (χ0v) is 14.4. The molecule has 0 heterocycles. The Bertz CT molecular complexity index is 356. The SMILES string of the molecule is CC(=O)CC/C(C#C[Si](C)(C)C)=C/[Si](C)(C)C. The molecule has 0 rings (SSSR count). The lowest BCUT2D eigenvalue weighted by atomic mass is 10.1. The molecule has 0 aliphatic rings. The van der Waals surface area contributed by atoms with Crippen LogP contribution < -0.4 is 0 Å². The van der Waals surface area contributed by atoms with Gasteiger partial charge in [-0.1, -0.05) is 50.9 Å². The smallest absolute Gasteiger partial charge is 0.130 e. The van der Waals surface area contributed by atoms with Crippen molar-refractivity contribution in [1.29, 1.82) is 0 Å². The zero-order chi connectivity index (χ0) is 13.7. The first-order chi connectivity index (χ1) is 7.49. The molecule has 0 saturated carbocycles.